The van der Waals surface area contributed by atoms with Crippen LogP contribution in [0.4, 0.5) is 6.01 Å². The number of anilines is 1. The van der Waals surface area contributed by atoms with Crippen molar-refractivity contribution in [3.05, 3.63) is 12.5 Å². The Bertz CT molecular complexity index is 211. The van der Waals surface area contributed by atoms with E-state index in [2.05, 4.69) is 4.98 Å². The summed E-state index contributed by atoms with van der Waals surface area (Å²) in [6.45, 7) is 1.72. The van der Waals surface area contributed by atoms with Crippen molar-refractivity contribution in [3.8, 4) is 0 Å². The summed E-state index contributed by atoms with van der Waals surface area (Å²) in [4.78, 5) is 5.98. The van der Waals surface area contributed by atoms with E-state index in [0.29, 0.717) is 12.1 Å². The van der Waals surface area contributed by atoms with Crippen LogP contribution in [-0.4, -0.2) is 24.1 Å². The molecule has 12 heavy (non-hydrogen) atoms. The molecule has 1 aromatic rings. The van der Waals surface area contributed by atoms with Gasteiger partial charge >= 0.3 is 0 Å². The Hall–Kier alpha value is -0.450. The molecule has 0 aliphatic carbocycles. The van der Waals surface area contributed by atoms with E-state index in [0.717, 1.165) is 13.1 Å². The Morgan fingerprint density at radius 1 is 1.50 bits per heavy atom. The fraction of sp³-hybridized carbons (Fsp3) is 0.500. The summed E-state index contributed by atoms with van der Waals surface area (Å²) < 4.78 is 5.04. The SMILES string of the molecule is Cl.Cl.NC1CN(c2ncco2)C1. The normalized spacial score (nSPS) is 15.9. The van der Waals surface area contributed by atoms with Crippen molar-refractivity contribution >= 4 is 30.8 Å². The molecule has 2 rings (SSSR count). The molecule has 0 spiro atoms. The molecule has 1 aliphatic rings. The van der Waals surface area contributed by atoms with Gasteiger partial charge in [-0.1, -0.05) is 0 Å². The predicted molar refractivity (Wildman–Crippen MR) is 51.2 cm³/mol. The maximum absolute atomic E-state index is 5.56. The summed E-state index contributed by atoms with van der Waals surface area (Å²) in [5, 5.41) is 0. The number of hydrogen-bond acceptors (Lipinski definition) is 4. The van der Waals surface area contributed by atoms with E-state index in [9.17, 15) is 0 Å². The molecule has 4 nitrogen and oxygen atoms in total. The lowest BCUT2D eigenvalue weighted by molar-refractivity contribution is 0.449. The van der Waals surface area contributed by atoms with Crippen LogP contribution in [0.25, 0.3) is 0 Å². The molecule has 0 amide bonds. The largest absolute Gasteiger partial charge is 0.432 e. The van der Waals surface area contributed by atoms with Gasteiger partial charge in [0.05, 0.1) is 6.20 Å². The molecule has 0 atom stereocenters. The number of hydrogen-bond donors (Lipinski definition) is 1. The van der Waals surface area contributed by atoms with E-state index in [1.807, 2.05) is 4.90 Å². The van der Waals surface area contributed by atoms with Gasteiger partial charge in [-0.3, -0.25) is 0 Å². The van der Waals surface area contributed by atoms with Gasteiger partial charge in [0.2, 0.25) is 0 Å². The van der Waals surface area contributed by atoms with Crippen LogP contribution < -0.4 is 10.6 Å². The van der Waals surface area contributed by atoms with Gasteiger partial charge in [0.1, 0.15) is 6.26 Å². The van der Waals surface area contributed by atoms with Crippen LogP contribution in [0.1, 0.15) is 0 Å². The predicted octanol–water partition coefficient (Wildman–Crippen LogP) is 0.666. The first-order valence-electron chi connectivity index (χ1n) is 3.26. The van der Waals surface area contributed by atoms with E-state index in [-0.39, 0.29) is 24.8 Å². The van der Waals surface area contributed by atoms with Crippen molar-refractivity contribution in [1.82, 2.24) is 4.98 Å². The first-order valence-corrected chi connectivity index (χ1v) is 3.26. The zero-order valence-corrected chi connectivity index (χ0v) is 7.98. The minimum absolute atomic E-state index is 0. The zero-order chi connectivity index (χ0) is 6.97. The van der Waals surface area contributed by atoms with E-state index in [1.165, 1.54) is 0 Å². The quantitative estimate of drug-likeness (QED) is 0.743. The average molecular weight is 212 g/mol. The van der Waals surface area contributed by atoms with E-state index in [4.69, 9.17) is 10.2 Å². The van der Waals surface area contributed by atoms with Gasteiger partial charge < -0.3 is 15.1 Å². The molecule has 2 N–H and O–H groups in total. The lowest BCUT2D eigenvalue weighted by Crippen LogP contribution is -2.56. The fourth-order valence-corrected chi connectivity index (χ4v) is 1.04. The maximum atomic E-state index is 5.56. The summed E-state index contributed by atoms with van der Waals surface area (Å²) in [5.74, 6) is 0. The Labute approximate surface area is 82.9 Å². The highest BCUT2D eigenvalue weighted by molar-refractivity contribution is 5.85. The van der Waals surface area contributed by atoms with Crippen LogP contribution >= 0.6 is 24.8 Å². The topological polar surface area (TPSA) is 55.3 Å². The molecule has 1 fully saturated rings. The van der Waals surface area contributed by atoms with E-state index in [1.54, 1.807) is 12.5 Å². The molecule has 1 saturated heterocycles. The zero-order valence-electron chi connectivity index (χ0n) is 6.34. The van der Waals surface area contributed by atoms with Crippen LogP contribution in [0, 0.1) is 0 Å². The number of nitrogens with zero attached hydrogens (tertiary/aromatic N) is 2. The minimum atomic E-state index is 0. The first-order chi connectivity index (χ1) is 4.86. The Morgan fingerprint density at radius 3 is 2.58 bits per heavy atom. The van der Waals surface area contributed by atoms with Crippen LogP contribution in [0.3, 0.4) is 0 Å². The molecular formula is C6H11Cl2N3O. The molecule has 0 saturated carbocycles. The van der Waals surface area contributed by atoms with Crippen molar-refractivity contribution in [3.63, 3.8) is 0 Å². The number of oxazole rings is 1. The minimum Gasteiger partial charge on any atom is -0.432 e. The number of aromatic nitrogens is 1. The molecule has 0 unspecified atom stereocenters. The molecule has 1 aromatic heterocycles. The highest BCUT2D eigenvalue weighted by Crippen LogP contribution is 2.16. The van der Waals surface area contributed by atoms with Crippen molar-refractivity contribution < 1.29 is 4.42 Å². The standard InChI is InChI=1S/C6H9N3O.2ClH/c7-5-3-9(4-5)6-8-1-2-10-6;;/h1-2,5H,3-4,7H2;2*1H. The Balaban J connectivity index is 0.000000605. The summed E-state index contributed by atoms with van der Waals surface area (Å²) in [6, 6.07) is 0.980. The molecule has 70 valence electrons. The molecule has 1 aliphatic heterocycles. The molecule has 0 aromatic carbocycles. The fourth-order valence-electron chi connectivity index (χ4n) is 1.04. The highest BCUT2D eigenvalue weighted by atomic mass is 35.5. The van der Waals surface area contributed by atoms with Gasteiger partial charge in [-0.25, -0.2) is 4.98 Å². The van der Waals surface area contributed by atoms with Crippen LogP contribution in [0.2, 0.25) is 0 Å². The smallest absolute Gasteiger partial charge is 0.297 e. The average Bonchev–Trinajstić information content (AvgIpc) is 2.31. The number of nitrogens with two attached hydrogens (primary N) is 1. The maximum Gasteiger partial charge on any atom is 0.297 e. The lowest BCUT2D eigenvalue weighted by Gasteiger charge is -2.35. The monoisotopic (exact) mass is 211 g/mol. The molecule has 2 heterocycles. The summed E-state index contributed by atoms with van der Waals surface area (Å²) >= 11 is 0. The number of rotatable bonds is 1. The third-order valence-corrected chi connectivity index (χ3v) is 1.60. The lowest BCUT2D eigenvalue weighted by atomic mass is 10.1. The summed E-state index contributed by atoms with van der Waals surface area (Å²) in [5.41, 5.74) is 5.56. The second-order valence-corrected chi connectivity index (χ2v) is 2.48. The van der Waals surface area contributed by atoms with E-state index < -0.39 is 0 Å². The summed E-state index contributed by atoms with van der Waals surface area (Å²) in [7, 11) is 0. The van der Waals surface area contributed by atoms with Gasteiger partial charge in [-0.15, -0.1) is 24.8 Å². The van der Waals surface area contributed by atoms with Gasteiger partial charge in [0.25, 0.3) is 6.01 Å². The van der Waals surface area contributed by atoms with Gasteiger partial charge in [-0.2, -0.15) is 0 Å². The molecule has 6 heteroatoms. The van der Waals surface area contributed by atoms with Crippen LogP contribution in [0.15, 0.2) is 16.9 Å². The van der Waals surface area contributed by atoms with Crippen LogP contribution in [-0.2, 0) is 0 Å². The third-order valence-electron chi connectivity index (χ3n) is 1.60. The second kappa shape index (κ2) is 4.54. The molecule has 0 radical (unpaired) electrons. The van der Waals surface area contributed by atoms with Gasteiger partial charge in [0, 0.05) is 19.1 Å². The number of halogens is 2. The molecular weight excluding hydrogens is 201 g/mol. The van der Waals surface area contributed by atoms with Crippen molar-refractivity contribution in [1.29, 1.82) is 0 Å². The van der Waals surface area contributed by atoms with Crippen LogP contribution in [0.5, 0.6) is 0 Å². The van der Waals surface area contributed by atoms with Crippen molar-refractivity contribution in [2.24, 2.45) is 5.73 Å². The van der Waals surface area contributed by atoms with Gasteiger partial charge in [-0.05, 0) is 0 Å². The summed E-state index contributed by atoms with van der Waals surface area (Å²) in [6.07, 6.45) is 3.21. The van der Waals surface area contributed by atoms with Gasteiger partial charge in [0.15, 0.2) is 0 Å². The Kier molecular flexibility index (Phi) is 4.37. The van der Waals surface area contributed by atoms with Crippen molar-refractivity contribution in [2.45, 2.75) is 6.04 Å². The first kappa shape index (κ1) is 11.6. The Morgan fingerprint density at radius 2 is 2.17 bits per heavy atom. The van der Waals surface area contributed by atoms with Crippen molar-refractivity contribution in [2.75, 3.05) is 18.0 Å². The van der Waals surface area contributed by atoms with E-state index >= 15 is 0 Å². The third kappa shape index (κ3) is 2.03. The second-order valence-electron chi connectivity index (χ2n) is 2.48. The highest BCUT2D eigenvalue weighted by Gasteiger charge is 2.25. The molecule has 0 bridgehead atoms.